The van der Waals surface area contributed by atoms with E-state index < -0.39 is 0 Å². The minimum absolute atomic E-state index is 0.0210. The highest BCUT2D eigenvalue weighted by Gasteiger charge is 2.37. The Balaban J connectivity index is 1.84. The molecule has 0 aromatic carbocycles. The van der Waals surface area contributed by atoms with Gasteiger partial charge in [-0.2, -0.15) is 0 Å². The second-order valence-electron chi connectivity index (χ2n) is 7.26. The lowest BCUT2D eigenvalue weighted by atomic mass is 9.76. The maximum absolute atomic E-state index is 12.4. The quantitative estimate of drug-likeness (QED) is 0.802. The standard InChI is InChI=1S/C16H30N4O3/c1-16(2)6-5-7-18(3)13(16)10-17-15(22)20-11-14(21)19(12-20)8-9-23-4/h13H,5-12H2,1-4H3,(H,17,22). The summed E-state index contributed by atoms with van der Waals surface area (Å²) in [6.45, 7) is 7.70. The van der Waals surface area contributed by atoms with E-state index >= 15 is 0 Å². The first-order valence-corrected chi connectivity index (χ1v) is 8.35. The van der Waals surface area contributed by atoms with Crippen molar-refractivity contribution in [3.05, 3.63) is 0 Å². The van der Waals surface area contributed by atoms with Crippen LogP contribution < -0.4 is 5.32 Å². The number of piperidine rings is 1. The van der Waals surface area contributed by atoms with Crippen LogP contribution in [0.2, 0.25) is 0 Å². The minimum Gasteiger partial charge on any atom is -0.383 e. The Kier molecular flexibility index (Phi) is 5.86. The average Bonchev–Trinajstić information content (AvgIpc) is 2.85. The van der Waals surface area contributed by atoms with Crippen LogP contribution in [-0.2, 0) is 9.53 Å². The number of carbonyl (C=O) groups excluding carboxylic acids is 2. The van der Waals surface area contributed by atoms with Crippen molar-refractivity contribution in [1.29, 1.82) is 0 Å². The van der Waals surface area contributed by atoms with E-state index in [1.54, 1.807) is 16.9 Å². The number of ether oxygens (including phenoxy) is 1. The summed E-state index contributed by atoms with van der Waals surface area (Å²) in [5.74, 6) is -0.0210. The van der Waals surface area contributed by atoms with Crippen molar-refractivity contribution in [2.24, 2.45) is 5.41 Å². The molecule has 0 bridgehead atoms. The normalized spacial score (nSPS) is 25.0. The van der Waals surface area contributed by atoms with Crippen LogP contribution in [0.15, 0.2) is 0 Å². The third-order valence-corrected chi connectivity index (χ3v) is 5.09. The van der Waals surface area contributed by atoms with Gasteiger partial charge in [-0.3, -0.25) is 9.69 Å². The number of nitrogens with zero attached hydrogens (tertiary/aromatic N) is 3. The van der Waals surface area contributed by atoms with E-state index in [-0.39, 0.29) is 23.9 Å². The van der Waals surface area contributed by atoms with Gasteiger partial charge in [-0.1, -0.05) is 13.8 Å². The number of hydrogen-bond acceptors (Lipinski definition) is 4. The number of likely N-dealkylation sites (tertiary alicyclic amines) is 1. The molecule has 2 aliphatic rings. The third-order valence-electron chi connectivity index (χ3n) is 5.09. The summed E-state index contributed by atoms with van der Waals surface area (Å²) in [6, 6.07) is 0.163. The zero-order chi connectivity index (χ0) is 17.0. The van der Waals surface area contributed by atoms with Crippen molar-refractivity contribution in [2.45, 2.75) is 32.7 Å². The van der Waals surface area contributed by atoms with Crippen LogP contribution in [0.5, 0.6) is 0 Å². The topological polar surface area (TPSA) is 65.1 Å². The first-order valence-electron chi connectivity index (χ1n) is 8.35. The second-order valence-corrected chi connectivity index (χ2v) is 7.26. The first kappa shape index (κ1) is 18.0. The number of rotatable bonds is 5. The number of hydrogen-bond donors (Lipinski definition) is 1. The van der Waals surface area contributed by atoms with Crippen molar-refractivity contribution in [3.8, 4) is 0 Å². The van der Waals surface area contributed by atoms with E-state index in [4.69, 9.17) is 4.74 Å². The van der Waals surface area contributed by atoms with E-state index in [2.05, 4.69) is 31.1 Å². The molecule has 0 spiro atoms. The number of methoxy groups -OCH3 is 1. The van der Waals surface area contributed by atoms with Gasteiger partial charge in [0.2, 0.25) is 5.91 Å². The van der Waals surface area contributed by atoms with Crippen molar-refractivity contribution >= 4 is 11.9 Å². The molecule has 0 aromatic heterocycles. The summed E-state index contributed by atoms with van der Waals surface area (Å²) in [6.07, 6.45) is 2.37. The Labute approximate surface area is 138 Å². The summed E-state index contributed by atoms with van der Waals surface area (Å²) in [7, 11) is 3.72. The molecule has 132 valence electrons. The lowest BCUT2D eigenvalue weighted by Crippen LogP contribution is -2.54. The molecule has 0 saturated carbocycles. The molecule has 1 unspecified atom stereocenters. The smallest absolute Gasteiger partial charge is 0.319 e. The van der Waals surface area contributed by atoms with Crippen molar-refractivity contribution < 1.29 is 14.3 Å². The Morgan fingerprint density at radius 3 is 2.83 bits per heavy atom. The van der Waals surface area contributed by atoms with Gasteiger partial charge in [0.25, 0.3) is 0 Å². The van der Waals surface area contributed by atoms with Crippen LogP contribution in [0.25, 0.3) is 0 Å². The monoisotopic (exact) mass is 326 g/mol. The van der Waals surface area contributed by atoms with Crippen LogP contribution in [0.3, 0.4) is 0 Å². The molecular formula is C16H30N4O3. The molecule has 2 rings (SSSR count). The largest absolute Gasteiger partial charge is 0.383 e. The van der Waals surface area contributed by atoms with Crippen molar-refractivity contribution in [1.82, 2.24) is 20.0 Å². The number of carbonyl (C=O) groups is 2. The molecule has 0 aromatic rings. The van der Waals surface area contributed by atoms with Gasteiger partial charge >= 0.3 is 6.03 Å². The highest BCUT2D eigenvalue weighted by Crippen LogP contribution is 2.33. The Hall–Kier alpha value is -1.34. The lowest BCUT2D eigenvalue weighted by Gasteiger charge is -2.45. The maximum Gasteiger partial charge on any atom is 0.319 e. The van der Waals surface area contributed by atoms with Crippen LogP contribution in [0, 0.1) is 5.41 Å². The summed E-state index contributed by atoms with van der Waals surface area (Å²) in [5.41, 5.74) is 0.186. The predicted octanol–water partition coefficient (Wildman–Crippen LogP) is 0.565. The Morgan fingerprint density at radius 2 is 2.17 bits per heavy atom. The number of nitrogens with one attached hydrogen (secondary N) is 1. The molecule has 2 heterocycles. The molecule has 0 aliphatic carbocycles. The molecule has 7 nitrogen and oxygen atoms in total. The Bertz CT molecular complexity index is 441. The van der Waals surface area contributed by atoms with Gasteiger partial charge < -0.3 is 19.9 Å². The molecule has 3 amide bonds. The molecule has 1 atom stereocenters. The molecule has 1 N–H and O–H groups in total. The molecule has 2 saturated heterocycles. The minimum atomic E-state index is -0.159. The van der Waals surface area contributed by atoms with E-state index in [0.717, 1.165) is 6.54 Å². The van der Waals surface area contributed by atoms with Gasteiger partial charge in [-0.05, 0) is 31.8 Å². The number of urea groups is 1. The average molecular weight is 326 g/mol. The highest BCUT2D eigenvalue weighted by atomic mass is 16.5. The summed E-state index contributed by atoms with van der Waals surface area (Å²) in [4.78, 5) is 29.8. The number of likely N-dealkylation sites (N-methyl/N-ethyl adjacent to an activating group) is 1. The predicted molar refractivity (Wildman–Crippen MR) is 88.0 cm³/mol. The SMILES string of the molecule is COCCN1CN(C(=O)NCC2N(C)CCCC2(C)C)CC1=O. The summed E-state index contributed by atoms with van der Waals surface area (Å²) < 4.78 is 4.99. The maximum atomic E-state index is 12.4. The van der Waals surface area contributed by atoms with Crippen LogP contribution in [0.4, 0.5) is 4.79 Å². The molecule has 23 heavy (non-hydrogen) atoms. The van der Waals surface area contributed by atoms with Crippen molar-refractivity contribution in [2.75, 3.05) is 53.6 Å². The van der Waals surface area contributed by atoms with Crippen LogP contribution >= 0.6 is 0 Å². The zero-order valence-electron chi connectivity index (χ0n) is 14.8. The van der Waals surface area contributed by atoms with E-state index in [0.29, 0.717) is 32.4 Å². The lowest BCUT2D eigenvalue weighted by molar-refractivity contribution is -0.127. The van der Waals surface area contributed by atoms with Crippen LogP contribution in [-0.4, -0.2) is 86.3 Å². The Morgan fingerprint density at radius 1 is 1.43 bits per heavy atom. The molecular weight excluding hydrogens is 296 g/mol. The third kappa shape index (κ3) is 4.35. The van der Waals surface area contributed by atoms with Gasteiger partial charge in [0.05, 0.1) is 13.3 Å². The zero-order valence-corrected chi connectivity index (χ0v) is 14.8. The highest BCUT2D eigenvalue weighted by molar-refractivity contribution is 5.87. The van der Waals surface area contributed by atoms with Crippen molar-refractivity contribution in [3.63, 3.8) is 0 Å². The summed E-state index contributed by atoms with van der Waals surface area (Å²) >= 11 is 0. The molecule has 7 heteroatoms. The van der Waals surface area contributed by atoms with E-state index in [1.165, 1.54) is 12.8 Å². The van der Waals surface area contributed by atoms with E-state index in [1.807, 2.05) is 0 Å². The fraction of sp³-hybridized carbons (Fsp3) is 0.875. The molecule has 2 aliphatic heterocycles. The fourth-order valence-electron chi connectivity index (χ4n) is 3.56. The van der Waals surface area contributed by atoms with Gasteiger partial charge in [0.1, 0.15) is 6.54 Å². The van der Waals surface area contributed by atoms with Crippen LogP contribution in [0.1, 0.15) is 26.7 Å². The molecule has 2 fully saturated rings. The number of amides is 3. The second kappa shape index (κ2) is 7.49. The fourth-order valence-corrected chi connectivity index (χ4v) is 3.56. The van der Waals surface area contributed by atoms with Gasteiger partial charge in [0, 0.05) is 26.2 Å². The summed E-state index contributed by atoms with van der Waals surface area (Å²) in [5, 5.41) is 3.01. The molecule has 0 radical (unpaired) electrons. The van der Waals surface area contributed by atoms with Gasteiger partial charge in [-0.25, -0.2) is 4.79 Å². The van der Waals surface area contributed by atoms with Gasteiger partial charge in [0.15, 0.2) is 0 Å². The first-order chi connectivity index (χ1) is 10.8. The van der Waals surface area contributed by atoms with Gasteiger partial charge in [-0.15, -0.1) is 0 Å². The van der Waals surface area contributed by atoms with E-state index in [9.17, 15) is 9.59 Å².